The smallest absolute Gasteiger partial charge is 0.0372 e. The highest BCUT2D eigenvalue weighted by Crippen LogP contribution is 2.28. The summed E-state index contributed by atoms with van der Waals surface area (Å²) in [6.45, 7) is 4.42. The van der Waals surface area contributed by atoms with Gasteiger partial charge in [-0.2, -0.15) is 0 Å². The highest BCUT2D eigenvalue weighted by atomic mass is 79.9. The third kappa shape index (κ3) is 3.50. The van der Waals surface area contributed by atoms with E-state index in [1.54, 1.807) is 0 Å². The van der Waals surface area contributed by atoms with Crippen LogP contribution in [0.1, 0.15) is 30.9 Å². The molecule has 0 saturated heterocycles. The number of halogens is 1. The molecular formula is C17H22BrN. The van der Waals surface area contributed by atoms with Crippen LogP contribution in [-0.2, 0) is 6.42 Å². The van der Waals surface area contributed by atoms with Gasteiger partial charge in [0.15, 0.2) is 0 Å². The van der Waals surface area contributed by atoms with Gasteiger partial charge in [0.2, 0.25) is 0 Å². The second kappa shape index (κ2) is 6.42. The van der Waals surface area contributed by atoms with Crippen molar-refractivity contribution in [3.05, 3.63) is 52.6 Å². The van der Waals surface area contributed by atoms with Gasteiger partial charge >= 0.3 is 0 Å². The van der Waals surface area contributed by atoms with Crippen LogP contribution in [0.15, 0.2) is 41.5 Å². The molecule has 0 heterocycles. The monoisotopic (exact) mass is 319 g/mol. The number of anilines is 1. The summed E-state index contributed by atoms with van der Waals surface area (Å²) in [7, 11) is 2.00. The Morgan fingerprint density at radius 1 is 1.26 bits per heavy atom. The van der Waals surface area contributed by atoms with E-state index in [9.17, 15) is 0 Å². The fraction of sp³-hybridized carbons (Fsp3) is 0.412. The molecule has 0 saturated carbocycles. The number of alkyl halides is 1. The normalized spacial score (nSPS) is 18.8. The average Bonchev–Trinajstić information content (AvgIpc) is 2.40. The summed E-state index contributed by atoms with van der Waals surface area (Å²) in [6.07, 6.45) is 8.03. The first-order valence-electron chi connectivity index (χ1n) is 6.90. The lowest BCUT2D eigenvalue weighted by Gasteiger charge is -2.18. The molecule has 1 aromatic rings. The second-order valence-corrected chi connectivity index (χ2v) is 6.36. The predicted molar refractivity (Wildman–Crippen MR) is 88.2 cm³/mol. The van der Waals surface area contributed by atoms with Gasteiger partial charge in [0, 0.05) is 17.6 Å². The topological polar surface area (TPSA) is 12.0 Å². The minimum absolute atomic E-state index is 0.506. The fourth-order valence-electron chi connectivity index (χ4n) is 2.65. The molecule has 0 aromatic heterocycles. The van der Waals surface area contributed by atoms with E-state index in [-0.39, 0.29) is 0 Å². The first kappa shape index (κ1) is 14.4. The fourth-order valence-corrected chi connectivity index (χ4v) is 3.15. The molecule has 19 heavy (non-hydrogen) atoms. The van der Waals surface area contributed by atoms with Gasteiger partial charge in [-0.1, -0.05) is 45.8 Å². The minimum atomic E-state index is 0.506. The van der Waals surface area contributed by atoms with Crippen molar-refractivity contribution in [2.75, 3.05) is 12.4 Å². The first-order valence-corrected chi connectivity index (χ1v) is 7.81. The Hall–Kier alpha value is -1.02. The maximum absolute atomic E-state index is 3.69. The number of aryl methyl sites for hydroxylation is 1. The standard InChI is InChI=1S/C17H22BrN/c1-12-7-9-15(18)11-14(12)8-10-16-13(2)5-4-6-17(16)19-3/h4-7,11,15,19H,8-10H2,1-3H3. The first-order chi connectivity index (χ1) is 9.11. The highest BCUT2D eigenvalue weighted by Gasteiger charge is 2.12. The lowest BCUT2D eigenvalue weighted by Crippen LogP contribution is -2.04. The zero-order valence-electron chi connectivity index (χ0n) is 12.0. The number of hydrogen-bond donors (Lipinski definition) is 1. The molecule has 2 heteroatoms. The van der Waals surface area contributed by atoms with E-state index in [2.05, 4.69) is 65.4 Å². The number of rotatable bonds is 4. The lowest BCUT2D eigenvalue weighted by atomic mass is 9.92. The Labute approximate surface area is 124 Å². The van der Waals surface area contributed by atoms with E-state index in [0.29, 0.717) is 4.83 Å². The zero-order valence-corrected chi connectivity index (χ0v) is 13.5. The van der Waals surface area contributed by atoms with Crippen molar-refractivity contribution in [2.45, 2.75) is 37.9 Å². The van der Waals surface area contributed by atoms with Crippen molar-refractivity contribution in [2.24, 2.45) is 0 Å². The number of allylic oxidation sites excluding steroid dienone is 4. The highest BCUT2D eigenvalue weighted by molar-refractivity contribution is 9.09. The third-order valence-corrected chi connectivity index (χ3v) is 4.50. The van der Waals surface area contributed by atoms with E-state index >= 15 is 0 Å². The molecule has 1 aromatic carbocycles. The maximum atomic E-state index is 3.69. The third-order valence-electron chi connectivity index (χ3n) is 3.86. The molecule has 1 nitrogen and oxygen atoms in total. The molecule has 0 radical (unpaired) electrons. The van der Waals surface area contributed by atoms with Crippen molar-refractivity contribution in [3.63, 3.8) is 0 Å². The van der Waals surface area contributed by atoms with Crippen LogP contribution >= 0.6 is 15.9 Å². The van der Waals surface area contributed by atoms with Crippen LogP contribution in [0.3, 0.4) is 0 Å². The summed E-state index contributed by atoms with van der Waals surface area (Å²) in [5.74, 6) is 0. The molecule has 0 aliphatic heterocycles. The van der Waals surface area contributed by atoms with Crippen LogP contribution in [0.2, 0.25) is 0 Å². The summed E-state index contributed by atoms with van der Waals surface area (Å²) in [6, 6.07) is 6.47. The van der Waals surface area contributed by atoms with Crippen LogP contribution in [0.5, 0.6) is 0 Å². The van der Waals surface area contributed by atoms with Gasteiger partial charge < -0.3 is 5.32 Å². The maximum Gasteiger partial charge on any atom is 0.0372 e. The Morgan fingerprint density at radius 2 is 2.05 bits per heavy atom. The zero-order chi connectivity index (χ0) is 13.8. The van der Waals surface area contributed by atoms with Crippen molar-refractivity contribution in [1.29, 1.82) is 0 Å². The summed E-state index contributed by atoms with van der Waals surface area (Å²) in [5, 5.41) is 3.30. The molecule has 1 aliphatic carbocycles. The quantitative estimate of drug-likeness (QED) is 0.769. The van der Waals surface area contributed by atoms with Crippen LogP contribution in [0.25, 0.3) is 0 Å². The molecule has 0 amide bonds. The Morgan fingerprint density at radius 3 is 2.79 bits per heavy atom. The number of hydrogen-bond acceptors (Lipinski definition) is 1. The lowest BCUT2D eigenvalue weighted by molar-refractivity contribution is 0.901. The van der Waals surface area contributed by atoms with Crippen LogP contribution in [0.4, 0.5) is 5.69 Å². The molecule has 102 valence electrons. The predicted octanol–water partition coefficient (Wildman–Crippen LogP) is 5.01. The van der Waals surface area contributed by atoms with Crippen LogP contribution in [-0.4, -0.2) is 11.9 Å². The SMILES string of the molecule is CNc1cccc(C)c1CCC1=CC(Br)CC=C1C. The molecule has 0 fully saturated rings. The summed E-state index contributed by atoms with van der Waals surface area (Å²) >= 11 is 3.69. The van der Waals surface area contributed by atoms with Crippen LogP contribution in [0, 0.1) is 6.92 Å². The Balaban J connectivity index is 2.13. The summed E-state index contributed by atoms with van der Waals surface area (Å²) in [4.78, 5) is 0.506. The molecule has 1 N–H and O–H groups in total. The summed E-state index contributed by atoms with van der Waals surface area (Å²) < 4.78 is 0. The van der Waals surface area contributed by atoms with Gasteiger partial charge in [0.05, 0.1) is 0 Å². The van der Waals surface area contributed by atoms with Crippen molar-refractivity contribution >= 4 is 21.6 Å². The van der Waals surface area contributed by atoms with Gasteiger partial charge in [-0.15, -0.1) is 0 Å². The van der Waals surface area contributed by atoms with Gasteiger partial charge in [-0.3, -0.25) is 0 Å². The molecule has 1 atom stereocenters. The van der Waals surface area contributed by atoms with Gasteiger partial charge in [0.1, 0.15) is 0 Å². The molecule has 1 aliphatic rings. The average molecular weight is 320 g/mol. The van der Waals surface area contributed by atoms with Crippen molar-refractivity contribution < 1.29 is 0 Å². The summed E-state index contributed by atoms with van der Waals surface area (Å²) in [5.41, 5.74) is 7.00. The molecule has 1 unspecified atom stereocenters. The van der Waals surface area contributed by atoms with Gasteiger partial charge in [-0.25, -0.2) is 0 Å². The molecule has 0 bridgehead atoms. The second-order valence-electron chi connectivity index (χ2n) is 5.18. The van der Waals surface area contributed by atoms with E-state index in [1.807, 2.05) is 7.05 Å². The largest absolute Gasteiger partial charge is 0.388 e. The van der Waals surface area contributed by atoms with E-state index in [1.165, 1.54) is 28.0 Å². The van der Waals surface area contributed by atoms with Gasteiger partial charge in [0.25, 0.3) is 0 Å². The van der Waals surface area contributed by atoms with Crippen molar-refractivity contribution in [3.8, 4) is 0 Å². The minimum Gasteiger partial charge on any atom is -0.388 e. The number of nitrogens with one attached hydrogen (secondary N) is 1. The molecule has 0 spiro atoms. The molecule has 2 rings (SSSR count). The van der Waals surface area contributed by atoms with E-state index < -0.39 is 0 Å². The Kier molecular flexibility index (Phi) is 4.87. The van der Waals surface area contributed by atoms with E-state index in [0.717, 1.165) is 19.3 Å². The molecular weight excluding hydrogens is 298 g/mol. The van der Waals surface area contributed by atoms with Crippen molar-refractivity contribution in [1.82, 2.24) is 0 Å². The Bertz CT molecular complexity index is 514. The van der Waals surface area contributed by atoms with E-state index in [4.69, 9.17) is 0 Å². The van der Waals surface area contributed by atoms with Crippen LogP contribution < -0.4 is 5.32 Å². The number of benzene rings is 1. The van der Waals surface area contributed by atoms with Gasteiger partial charge in [-0.05, 0) is 55.9 Å².